The highest BCUT2D eigenvalue weighted by atomic mass is 16.8. The van der Waals surface area contributed by atoms with Crippen molar-refractivity contribution in [3.8, 4) is 17.2 Å². The first-order valence-corrected chi connectivity index (χ1v) is 29.1. The molecule has 0 radical (unpaired) electrons. The van der Waals surface area contributed by atoms with Crippen molar-refractivity contribution in [3.05, 3.63) is 102 Å². The minimum absolute atomic E-state index is 0.00624. The summed E-state index contributed by atoms with van der Waals surface area (Å²) in [4.78, 5) is 67.5. The van der Waals surface area contributed by atoms with E-state index in [4.69, 9.17) is 71.1 Å². The topological polar surface area (TPSA) is 507 Å². The summed E-state index contributed by atoms with van der Waals surface area (Å²) in [5.74, 6) is -9.14. The van der Waals surface area contributed by atoms with Crippen LogP contribution in [0.5, 0.6) is 17.2 Å². The van der Waals surface area contributed by atoms with Crippen LogP contribution in [0.15, 0.2) is 84.9 Å². The molecular formula is C60H74O34. The first kappa shape index (κ1) is 72.9. The van der Waals surface area contributed by atoms with Crippen molar-refractivity contribution in [2.24, 2.45) is 0 Å². The lowest BCUT2D eigenvalue weighted by atomic mass is 9.95. The average molecular weight is 1340 g/mol. The molecule has 94 heavy (non-hydrogen) atoms. The number of hydrogen-bond acceptors (Lipinski definition) is 34. The van der Waals surface area contributed by atoms with E-state index in [1.807, 2.05) is 0 Å². The zero-order chi connectivity index (χ0) is 68.3. The second-order valence-electron chi connectivity index (χ2n) is 22.0. The third-order valence-electron chi connectivity index (χ3n) is 15.5. The number of rotatable bonds is 25. The lowest BCUT2D eigenvalue weighted by Crippen LogP contribution is -2.69. The number of esters is 5. The van der Waals surface area contributed by atoms with Crippen LogP contribution in [-0.2, 0) is 85.5 Å². The standard InChI is InChI=1S/C60H74O34/c1-26(64)81-23-37-50(89-56-47(76)44(73)41(70)34(20-61)84-56)46(75)49(78)58(86-37)90-52-51(88-40(69)18-12-28-9-14-31(66)15-10-28)38(24-82-27(2)65)87-59(53(52)91-57-48(77)45(74)42(71)35(21-62)85-57)94-60(25-83-39(68)17-13-29-11-16-32(67)33(19-29)80-3)54(43(72)36(22-63)93-60)92-55(79)30-7-5-4-6-8-30/h4-19,34-38,41-54,56-59,61-63,66-67,70-78H,20-25H2,1-3H3/t34-,35-,36+,37+,38-,41-,42-,43+,44+,45+,46+,47+,48-,49-,50-,51+,52+,53-,54-,56+,57-,58+,59-,60+/m1/s1. The molecule has 0 bridgehead atoms. The van der Waals surface area contributed by atoms with Crippen LogP contribution in [-0.4, -0.2) is 295 Å². The van der Waals surface area contributed by atoms with Crippen molar-refractivity contribution in [2.45, 2.75) is 161 Å². The predicted molar refractivity (Wildman–Crippen MR) is 304 cm³/mol. The third-order valence-corrected chi connectivity index (χ3v) is 15.5. The molecule has 0 aliphatic carbocycles. The van der Waals surface area contributed by atoms with Crippen molar-refractivity contribution in [2.75, 3.05) is 46.8 Å². The van der Waals surface area contributed by atoms with Gasteiger partial charge in [0.2, 0.25) is 5.79 Å². The van der Waals surface area contributed by atoms with Crippen LogP contribution in [0.2, 0.25) is 0 Å². The van der Waals surface area contributed by atoms with Gasteiger partial charge in [0, 0.05) is 26.0 Å². The predicted octanol–water partition coefficient (Wildman–Crippen LogP) is -4.97. The Labute approximate surface area is 533 Å². The molecule has 5 fully saturated rings. The molecule has 5 heterocycles. The van der Waals surface area contributed by atoms with E-state index in [1.54, 1.807) is 6.07 Å². The highest BCUT2D eigenvalue weighted by Gasteiger charge is 2.64. The maximum Gasteiger partial charge on any atom is 0.338 e. The molecule has 0 aromatic heterocycles. The Hall–Kier alpha value is -6.95. The Morgan fingerprint density at radius 2 is 1.00 bits per heavy atom. The SMILES string of the molecule is COc1cc(C=CC(=O)OC[C@@]2(O[C@H]3O[C@H](COC(C)=O)[C@H](OC(=O)C=Cc4ccc(O)cc4)[C@H](O[C@@H]4O[C@@H](COC(C)=O)[C@@H](O[C@@H]5O[C@H](CO)[C@@H](O)[C@H](O)[C@@H]5O)[C@@H](O)[C@H]4O)[C@H]3O[C@H]3O[C@H](CO)[C@@H](O)[C@H](O)[C@H]3O)O[C@@H](CO)[C@H](O)[C@H]2OC(=O)c2ccccc2)ccc1O. The van der Waals surface area contributed by atoms with Gasteiger partial charge in [-0.3, -0.25) is 9.59 Å². The van der Waals surface area contributed by atoms with Crippen molar-refractivity contribution in [1.82, 2.24) is 0 Å². The van der Waals surface area contributed by atoms with Gasteiger partial charge in [-0.15, -0.1) is 0 Å². The number of aromatic hydroxyl groups is 2. The van der Waals surface area contributed by atoms with Gasteiger partial charge in [-0.1, -0.05) is 36.4 Å². The van der Waals surface area contributed by atoms with Gasteiger partial charge in [0.1, 0.15) is 129 Å². The smallest absolute Gasteiger partial charge is 0.338 e. The molecule has 5 aliphatic rings. The first-order valence-electron chi connectivity index (χ1n) is 29.1. The minimum Gasteiger partial charge on any atom is -0.508 e. The van der Waals surface area contributed by atoms with Crippen molar-refractivity contribution in [1.29, 1.82) is 0 Å². The van der Waals surface area contributed by atoms with Gasteiger partial charge in [0.25, 0.3) is 0 Å². The highest BCUT2D eigenvalue weighted by Crippen LogP contribution is 2.43. The molecule has 3 aromatic rings. The van der Waals surface area contributed by atoms with Crippen molar-refractivity contribution in [3.63, 3.8) is 0 Å². The zero-order valence-electron chi connectivity index (χ0n) is 50.2. The van der Waals surface area contributed by atoms with Crippen LogP contribution in [0.25, 0.3) is 12.2 Å². The minimum atomic E-state index is -3.02. The fourth-order valence-corrected chi connectivity index (χ4v) is 10.5. The first-order chi connectivity index (χ1) is 44.8. The largest absolute Gasteiger partial charge is 0.508 e. The van der Waals surface area contributed by atoms with Gasteiger partial charge in [0.05, 0.1) is 32.5 Å². The van der Waals surface area contributed by atoms with Crippen LogP contribution in [0.3, 0.4) is 0 Å². The van der Waals surface area contributed by atoms with E-state index in [1.165, 1.54) is 86.0 Å². The fourth-order valence-electron chi connectivity index (χ4n) is 10.5. The molecule has 0 amide bonds. The summed E-state index contributed by atoms with van der Waals surface area (Å²) < 4.78 is 88.9. The number of phenols is 2. The quantitative estimate of drug-likeness (QED) is 0.0215. The molecule has 34 nitrogen and oxygen atoms in total. The molecular weight excluding hydrogens is 1260 g/mol. The lowest BCUT2D eigenvalue weighted by molar-refractivity contribution is -0.423. The molecule has 0 spiro atoms. The molecule has 5 aliphatic heterocycles. The summed E-state index contributed by atoms with van der Waals surface area (Å²) in [6.45, 7) is -4.45. The van der Waals surface area contributed by atoms with E-state index in [9.17, 15) is 95.5 Å². The van der Waals surface area contributed by atoms with E-state index in [-0.39, 0.29) is 28.4 Å². The number of methoxy groups -OCH3 is 1. The van der Waals surface area contributed by atoms with Crippen LogP contribution < -0.4 is 4.74 Å². The van der Waals surface area contributed by atoms with Crippen molar-refractivity contribution >= 4 is 42.0 Å². The lowest BCUT2D eigenvalue weighted by Gasteiger charge is -2.51. The molecule has 0 unspecified atom stereocenters. The van der Waals surface area contributed by atoms with E-state index in [2.05, 4.69) is 0 Å². The summed E-state index contributed by atoms with van der Waals surface area (Å²) in [5, 5.41) is 153. The highest BCUT2D eigenvalue weighted by molar-refractivity contribution is 5.90. The number of aliphatic hydroxyl groups excluding tert-OH is 12. The average Bonchev–Trinajstić information content (AvgIpc) is 1.38. The second kappa shape index (κ2) is 32.7. The number of carbonyl (C=O) groups excluding carboxylic acids is 5. The summed E-state index contributed by atoms with van der Waals surface area (Å²) in [6, 6.07) is 16.4. The van der Waals surface area contributed by atoms with Gasteiger partial charge < -0.3 is 143 Å². The number of benzene rings is 3. The Morgan fingerprint density at radius 1 is 0.500 bits per heavy atom. The zero-order valence-corrected chi connectivity index (χ0v) is 50.2. The molecule has 0 saturated carbocycles. The third kappa shape index (κ3) is 17.4. The maximum absolute atomic E-state index is 14.3. The monoisotopic (exact) mass is 1340 g/mol. The van der Waals surface area contributed by atoms with Gasteiger partial charge in [-0.2, -0.15) is 0 Å². The van der Waals surface area contributed by atoms with E-state index in [0.29, 0.717) is 5.56 Å². The molecule has 518 valence electrons. The molecule has 3 aromatic carbocycles. The van der Waals surface area contributed by atoms with E-state index >= 15 is 0 Å². The second-order valence-corrected chi connectivity index (χ2v) is 22.0. The Bertz CT molecular complexity index is 3060. The van der Waals surface area contributed by atoms with Gasteiger partial charge in [0.15, 0.2) is 48.9 Å². The molecule has 5 saturated heterocycles. The number of ether oxygens (including phenoxy) is 15. The Balaban J connectivity index is 1.28. The molecule has 14 N–H and O–H groups in total. The van der Waals surface area contributed by atoms with Gasteiger partial charge in [-0.25, -0.2) is 14.4 Å². The van der Waals surface area contributed by atoms with Crippen LogP contribution in [0, 0.1) is 0 Å². The normalized spacial score (nSPS) is 36.0. The molecule has 8 rings (SSSR count). The molecule has 34 heteroatoms. The van der Waals surface area contributed by atoms with Gasteiger partial charge in [-0.05, 0) is 59.7 Å². The molecule has 24 atom stereocenters. The number of hydrogen-bond donors (Lipinski definition) is 14. The summed E-state index contributed by atoms with van der Waals surface area (Å²) in [5.41, 5.74) is 0.417. The summed E-state index contributed by atoms with van der Waals surface area (Å²) in [6.07, 6.45) is -45.3. The summed E-state index contributed by atoms with van der Waals surface area (Å²) >= 11 is 0. The van der Waals surface area contributed by atoms with Crippen LogP contribution >= 0.6 is 0 Å². The Morgan fingerprint density at radius 3 is 1.56 bits per heavy atom. The van der Waals surface area contributed by atoms with Crippen molar-refractivity contribution < 1.29 is 167 Å². The number of aliphatic hydroxyl groups is 12. The summed E-state index contributed by atoms with van der Waals surface area (Å²) in [7, 11) is 1.27. The van der Waals surface area contributed by atoms with E-state index in [0.717, 1.165) is 26.0 Å². The number of carbonyl (C=O) groups is 5. The Kier molecular flexibility index (Phi) is 25.3. The van der Waals surface area contributed by atoms with Crippen LogP contribution in [0.1, 0.15) is 35.3 Å². The fraction of sp³-hybridized carbons (Fsp3) is 0.550. The number of phenolic OH excluding ortho intramolecular Hbond substituents is 2. The van der Waals surface area contributed by atoms with E-state index < -0.39 is 216 Å². The van der Waals surface area contributed by atoms with Crippen LogP contribution in [0.4, 0.5) is 0 Å². The maximum atomic E-state index is 14.3. The van der Waals surface area contributed by atoms with Gasteiger partial charge >= 0.3 is 29.8 Å².